The van der Waals surface area contributed by atoms with Crippen molar-refractivity contribution in [2.75, 3.05) is 44.9 Å². The number of aromatic nitrogens is 3. The van der Waals surface area contributed by atoms with Crippen molar-refractivity contribution < 1.29 is 69.2 Å². The second-order valence-corrected chi connectivity index (χ2v) is 22.6. The number of halogens is 7. The summed E-state index contributed by atoms with van der Waals surface area (Å²) in [4.78, 5) is 63.9. The molecule has 4 aliphatic rings. The van der Waals surface area contributed by atoms with Crippen LogP contribution in [0.3, 0.4) is 0 Å². The molecule has 1 aliphatic carbocycles. The van der Waals surface area contributed by atoms with Crippen LogP contribution in [0.25, 0.3) is 22.4 Å². The number of nitrogens with one attached hydrogen (secondary N) is 2. The van der Waals surface area contributed by atoms with E-state index in [9.17, 15) is 46.2 Å². The standard InChI is InChI=1S/C55H67F7N8O8/c1-53(2,3)41(23-48(73)78-39-14-15-39)50(74)66-68(27-40-42(56)20-34(21-43(40)57)44-17-18-69(65-44)51(58)59)28-46(72)35(22-45(71)49(64-52(75)76-6)54(4,5)55(60,61)62)19-31-7-9-32(10-8-31)33-11-16-47(63-24-33)67-25-36-12-13-37(26-67)70(36)38-29-77-30-38/h7-11,16-18,20-21,24,35-39,41,46,49,51,72H,12-15,19,22-23,25-30H2,1-6H3,(H,64,75)(H,66,74)/t35-,36?,37?,41-,46+,49-/m1/s1. The summed E-state index contributed by atoms with van der Waals surface area (Å²) in [5, 5.41) is 19.0. The van der Waals surface area contributed by atoms with E-state index in [1.54, 1.807) is 51.2 Å². The number of benzene rings is 2. The van der Waals surface area contributed by atoms with Gasteiger partial charge in [0.05, 0.1) is 55.9 Å². The number of hydrogen-bond acceptors (Lipinski definition) is 13. The molecule has 3 N–H and O–H groups in total. The van der Waals surface area contributed by atoms with E-state index in [2.05, 4.69) is 25.1 Å². The van der Waals surface area contributed by atoms with Crippen LogP contribution in [0.4, 0.5) is 41.3 Å². The second-order valence-electron chi connectivity index (χ2n) is 22.6. The van der Waals surface area contributed by atoms with Gasteiger partial charge in [0.1, 0.15) is 29.6 Å². The largest absolute Gasteiger partial charge is 0.462 e. The molecule has 2 amide bonds. The third-order valence-electron chi connectivity index (χ3n) is 15.5. The molecule has 2 aromatic heterocycles. The first kappa shape index (κ1) is 58.0. The summed E-state index contributed by atoms with van der Waals surface area (Å²) >= 11 is 0. The number of carbonyl (C=O) groups is 4. The molecule has 2 bridgehead atoms. The molecule has 424 valence electrons. The molecule has 1 saturated carbocycles. The topological polar surface area (TPSA) is 181 Å². The Morgan fingerprint density at radius 3 is 2.03 bits per heavy atom. The van der Waals surface area contributed by atoms with Gasteiger partial charge in [-0.2, -0.15) is 27.1 Å². The van der Waals surface area contributed by atoms with Gasteiger partial charge in [-0.15, -0.1) is 0 Å². The number of methoxy groups -OCH3 is 1. The minimum Gasteiger partial charge on any atom is -0.462 e. The zero-order valence-corrected chi connectivity index (χ0v) is 44.4. The summed E-state index contributed by atoms with van der Waals surface area (Å²) in [5.74, 6) is -6.56. The SMILES string of the molecule is COC(=O)N[C@H](C(=O)C[C@@H](Cc1ccc(-c2ccc(N3CC4CCC(C3)N4C3COC3)nc2)cc1)[C@@H](O)CN(Cc1c(F)cc(-c2ccn(C(F)F)n2)cc1F)NC(=O)[C@@H](CC(=O)OC1CC1)C(C)(C)C)C(C)(C)C(F)(F)F. The third kappa shape index (κ3) is 13.6. The van der Waals surface area contributed by atoms with Crippen LogP contribution < -0.4 is 15.6 Å². The number of Topliss-reactive ketones (excluding diaryl/α,β-unsaturated/α-hetero) is 1. The Kier molecular flexibility index (Phi) is 17.6. The number of alkyl halides is 5. The van der Waals surface area contributed by atoms with Crippen molar-refractivity contribution in [2.45, 2.75) is 135 Å². The number of ketones is 1. The fourth-order valence-electron chi connectivity index (χ4n) is 10.5. The van der Waals surface area contributed by atoms with Gasteiger partial charge >= 0.3 is 24.8 Å². The lowest BCUT2D eigenvalue weighted by atomic mass is 9.77. The number of nitrogens with zero attached hydrogens (tertiary/aromatic N) is 6. The van der Waals surface area contributed by atoms with Crippen LogP contribution in [0.5, 0.6) is 0 Å². The van der Waals surface area contributed by atoms with Gasteiger partial charge < -0.3 is 29.5 Å². The quantitative estimate of drug-likeness (QED) is 0.0388. The number of esters is 1. The van der Waals surface area contributed by atoms with Crippen LogP contribution in [0.2, 0.25) is 0 Å². The minimum absolute atomic E-state index is 0.175. The van der Waals surface area contributed by atoms with Crippen molar-refractivity contribution >= 4 is 29.6 Å². The Labute approximate surface area is 447 Å². The maximum Gasteiger partial charge on any atom is 0.407 e. The van der Waals surface area contributed by atoms with E-state index in [0.29, 0.717) is 41.2 Å². The minimum atomic E-state index is -5.03. The highest BCUT2D eigenvalue weighted by Crippen LogP contribution is 2.42. The number of aliphatic hydroxyl groups excluding tert-OH is 1. The van der Waals surface area contributed by atoms with E-state index in [4.69, 9.17) is 14.5 Å². The lowest BCUT2D eigenvalue weighted by Gasteiger charge is -2.48. The van der Waals surface area contributed by atoms with E-state index >= 15 is 8.78 Å². The molecule has 16 nitrogen and oxygen atoms in total. The summed E-state index contributed by atoms with van der Waals surface area (Å²) in [7, 11) is 0.915. The van der Waals surface area contributed by atoms with Crippen molar-refractivity contribution in [3.63, 3.8) is 0 Å². The van der Waals surface area contributed by atoms with Crippen molar-refractivity contribution in [1.29, 1.82) is 0 Å². The maximum absolute atomic E-state index is 16.2. The number of hydrogen-bond donors (Lipinski definition) is 3. The van der Waals surface area contributed by atoms with Gasteiger partial charge in [0.25, 0.3) is 0 Å². The molecule has 78 heavy (non-hydrogen) atoms. The maximum atomic E-state index is 16.2. The average Bonchev–Trinajstić information content (AvgIpc) is 4.02. The van der Waals surface area contributed by atoms with Crippen molar-refractivity contribution in [2.24, 2.45) is 22.7 Å². The number of amides is 2. The normalized spacial score (nSPS) is 19.8. The van der Waals surface area contributed by atoms with Crippen LogP contribution in [0.1, 0.15) is 90.8 Å². The van der Waals surface area contributed by atoms with E-state index in [1.165, 1.54) is 0 Å². The highest BCUT2D eigenvalue weighted by molar-refractivity contribution is 5.88. The first-order valence-electron chi connectivity index (χ1n) is 26.1. The molecule has 2 aromatic carbocycles. The predicted octanol–water partition coefficient (Wildman–Crippen LogP) is 8.42. The molecule has 6 atom stereocenters. The van der Waals surface area contributed by atoms with E-state index in [0.717, 1.165) is 106 Å². The molecule has 4 aromatic rings. The first-order valence-corrected chi connectivity index (χ1v) is 26.1. The number of pyridine rings is 1. The molecule has 3 saturated heterocycles. The number of anilines is 1. The zero-order chi connectivity index (χ0) is 56.4. The first-order chi connectivity index (χ1) is 36.8. The summed E-state index contributed by atoms with van der Waals surface area (Å²) in [6.07, 6.45) is -3.51. The molecule has 5 heterocycles. The molecular weight excluding hydrogens is 1030 g/mol. The molecule has 8 rings (SSSR count). The highest BCUT2D eigenvalue weighted by atomic mass is 19.4. The van der Waals surface area contributed by atoms with Gasteiger partial charge in [-0.1, -0.05) is 45.0 Å². The van der Waals surface area contributed by atoms with Crippen molar-refractivity contribution in [3.8, 4) is 22.4 Å². The Morgan fingerprint density at radius 1 is 0.859 bits per heavy atom. The number of carbonyl (C=O) groups excluding carboxylic acids is 4. The van der Waals surface area contributed by atoms with Gasteiger partial charge in [-0.3, -0.25) is 24.7 Å². The van der Waals surface area contributed by atoms with Gasteiger partial charge in [0, 0.05) is 73.8 Å². The van der Waals surface area contributed by atoms with Gasteiger partial charge in [0.2, 0.25) is 5.91 Å². The third-order valence-corrected chi connectivity index (χ3v) is 15.5. The van der Waals surface area contributed by atoms with Crippen LogP contribution in [-0.2, 0) is 41.6 Å². The van der Waals surface area contributed by atoms with Crippen LogP contribution >= 0.6 is 0 Å². The molecule has 4 fully saturated rings. The molecule has 3 aliphatic heterocycles. The molecular formula is C55H67F7N8O8. The molecule has 2 unspecified atom stereocenters. The fraction of sp³-hybridized carbons (Fsp3) is 0.564. The van der Waals surface area contributed by atoms with Crippen LogP contribution in [-0.4, -0.2) is 136 Å². The Morgan fingerprint density at radius 2 is 1.50 bits per heavy atom. The monoisotopic (exact) mass is 1100 g/mol. The molecule has 0 radical (unpaired) electrons. The summed E-state index contributed by atoms with van der Waals surface area (Å²) in [6.45, 7) is 5.22. The molecule has 23 heteroatoms. The summed E-state index contributed by atoms with van der Waals surface area (Å²) in [6, 6.07) is 12.8. The highest BCUT2D eigenvalue weighted by Gasteiger charge is 2.56. The van der Waals surface area contributed by atoms with E-state index in [-0.39, 0.29) is 23.8 Å². The van der Waals surface area contributed by atoms with Gasteiger partial charge in [0.15, 0.2) is 5.78 Å². The number of aliphatic hydroxyl groups is 1. The number of fused-ring (bicyclic) bond motifs is 2. The van der Waals surface area contributed by atoms with Crippen LogP contribution in [0.15, 0.2) is 67.0 Å². The number of ether oxygens (including phenoxy) is 3. The lowest BCUT2D eigenvalue weighted by molar-refractivity contribution is -0.220. The smallest absolute Gasteiger partial charge is 0.407 e. The number of rotatable bonds is 22. The Bertz CT molecular complexity index is 2730. The van der Waals surface area contributed by atoms with Crippen molar-refractivity contribution in [1.82, 2.24) is 35.4 Å². The lowest BCUT2D eigenvalue weighted by Crippen LogP contribution is -2.62. The Balaban J connectivity index is 1.07. The van der Waals surface area contributed by atoms with Crippen LogP contribution in [0, 0.1) is 34.3 Å². The average molecular weight is 1100 g/mol. The number of hydrazine groups is 1. The summed E-state index contributed by atoms with van der Waals surface area (Å²) in [5.41, 5.74) is -0.146. The fourth-order valence-corrected chi connectivity index (χ4v) is 10.5. The predicted molar refractivity (Wildman–Crippen MR) is 271 cm³/mol. The van der Waals surface area contributed by atoms with Gasteiger partial charge in [-0.05, 0) is 98.7 Å². The Hall–Kier alpha value is -6.17. The van der Waals surface area contributed by atoms with Gasteiger partial charge in [-0.25, -0.2) is 28.3 Å². The second kappa shape index (κ2) is 23.7. The summed E-state index contributed by atoms with van der Waals surface area (Å²) < 4.78 is 119. The van der Waals surface area contributed by atoms with Crippen molar-refractivity contribution in [3.05, 3.63) is 89.8 Å². The number of alkyl carbamates (subject to hydrolysis) is 1. The zero-order valence-electron chi connectivity index (χ0n) is 44.4. The van der Waals surface area contributed by atoms with E-state index in [1.807, 2.05) is 17.4 Å². The molecule has 0 spiro atoms. The van der Waals surface area contributed by atoms with E-state index < -0.39 is 114 Å². The number of piperazine rings is 1.